The van der Waals surface area contributed by atoms with Crippen LogP contribution in [-0.4, -0.2) is 11.1 Å². The minimum Gasteiger partial charge on any atom is -0.388 e. The second kappa shape index (κ2) is 3.86. The van der Waals surface area contributed by atoms with Crippen LogP contribution in [0, 0.1) is 12.8 Å². The van der Waals surface area contributed by atoms with Gasteiger partial charge in [0.25, 0.3) is 0 Å². The van der Waals surface area contributed by atoms with Crippen LogP contribution < -0.4 is 5.32 Å². The number of fused-ring (bicyclic) bond motifs is 1. The highest BCUT2D eigenvalue weighted by molar-refractivity contribution is 5.56. The number of anilines is 1. The van der Waals surface area contributed by atoms with Crippen LogP contribution in [0.5, 0.6) is 0 Å². The third-order valence-corrected chi connectivity index (χ3v) is 3.19. The molecule has 0 aliphatic carbocycles. The molecule has 1 aliphatic heterocycles. The van der Waals surface area contributed by atoms with E-state index < -0.39 is 0 Å². The summed E-state index contributed by atoms with van der Waals surface area (Å²) in [6, 6.07) is 6.61. The predicted octanol–water partition coefficient (Wildman–Crippen LogP) is 2.87. The van der Waals surface area contributed by atoms with E-state index in [1.54, 1.807) is 0 Å². The number of rotatable bonds is 1. The second-order valence-electron chi connectivity index (χ2n) is 4.84. The summed E-state index contributed by atoms with van der Waals surface area (Å²) in [5.41, 5.74) is 3.35. The first-order valence-electron chi connectivity index (χ1n) is 5.63. The van der Waals surface area contributed by atoms with E-state index in [0.717, 1.165) is 17.7 Å². The van der Waals surface area contributed by atoms with Gasteiger partial charge in [0.2, 0.25) is 0 Å². The Balaban J connectivity index is 2.32. The van der Waals surface area contributed by atoms with Crippen LogP contribution in [0.2, 0.25) is 0 Å². The Morgan fingerprint density at radius 3 is 2.80 bits per heavy atom. The van der Waals surface area contributed by atoms with Gasteiger partial charge in [0.1, 0.15) is 0 Å². The van der Waals surface area contributed by atoms with Gasteiger partial charge in [-0.2, -0.15) is 0 Å². The quantitative estimate of drug-likeness (QED) is 0.739. The molecule has 0 saturated heterocycles. The number of aliphatic hydroxyl groups excluding tert-OH is 1. The maximum absolute atomic E-state index is 10.1. The average Bonchev–Trinajstić information content (AvgIpc) is 2.18. The standard InChI is InChI=1S/C13H19NO/c1-8(2)12-7-13(15)10-6-9(3)4-5-11(10)14-12/h4-6,8,12-15H,7H2,1-3H3. The summed E-state index contributed by atoms with van der Waals surface area (Å²) < 4.78 is 0. The molecule has 2 rings (SSSR count). The van der Waals surface area contributed by atoms with E-state index in [4.69, 9.17) is 0 Å². The Hall–Kier alpha value is -1.02. The van der Waals surface area contributed by atoms with Gasteiger partial charge in [-0.25, -0.2) is 0 Å². The largest absolute Gasteiger partial charge is 0.388 e. The lowest BCUT2D eigenvalue weighted by Crippen LogP contribution is -2.32. The Morgan fingerprint density at radius 1 is 1.40 bits per heavy atom. The Morgan fingerprint density at radius 2 is 2.13 bits per heavy atom. The van der Waals surface area contributed by atoms with Crippen LogP contribution in [0.25, 0.3) is 0 Å². The van der Waals surface area contributed by atoms with Crippen molar-refractivity contribution in [1.29, 1.82) is 0 Å². The summed E-state index contributed by atoms with van der Waals surface area (Å²) in [5.74, 6) is 0.550. The van der Waals surface area contributed by atoms with Crippen molar-refractivity contribution in [3.8, 4) is 0 Å². The SMILES string of the molecule is Cc1ccc2c(c1)C(O)CC(C(C)C)N2. The molecular formula is C13H19NO. The summed E-state index contributed by atoms with van der Waals surface area (Å²) in [7, 11) is 0. The smallest absolute Gasteiger partial charge is 0.0829 e. The first kappa shape index (κ1) is 10.5. The minimum atomic E-state index is -0.312. The lowest BCUT2D eigenvalue weighted by atomic mass is 9.89. The molecule has 1 aromatic carbocycles. The van der Waals surface area contributed by atoms with E-state index in [1.807, 2.05) is 0 Å². The Labute approximate surface area is 91.3 Å². The average molecular weight is 205 g/mol. The molecule has 0 fully saturated rings. The highest BCUT2D eigenvalue weighted by Gasteiger charge is 2.26. The molecule has 0 amide bonds. The van der Waals surface area contributed by atoms with Gasteiger partial charge in [0, 0.05) is 17.3 Å². The van der Waals surface area contributed by atoms with E-state index >= 15 is 0 Å². The van der Waals surface area contributed by atoms with E-state index in [9.17, 15) is 5.11 Å². The molecule has 2 N–H and O–H groups in total. The normalized spacial score (nSPS) is 24.9. The summed E-state index contributed by atoms with van der Waals surface area (Å²) in [4.78, 5) is 0. The van der Waals surface area contributed by atoms with E-state index in [-0.39, 0.29) is 6.10 Å². The Bertz CT molecular complexity index is 360. The fourth-order valence-corrected chi connectivity index (χ4v) is 2.15. The molecule has 82 valence electrons. The van der Waals surface area contributed by atoms with Crippen molar-refractivity contribution >= 4 is 5.69 Å². The molecule has 2 atom stereocenters. The van der Waals surface area contributed by atoms with Gasteiger partial charge in [0.15, 0.2) is 0 Å². The van der Waals surface area contributed by atoms with Crippen molar-refractivity contribution in [2.45, 2.75) is 39.3 Å². The molecule has 1 aliphatic rings. The van der Waals surface area contributed by atoms with Crippen molar-refractivity contribution < 1.29 is 5.11 Å². The van der Waals surface area contributed by atoms with Crippen molar-refractivity contribution in [3.63, 3.8) is 0 Å². The summed E-state index contributed by atoms with van der Waals surface area (Å²) in [6.07, 6.45) is 0.502. The molecule has 2 heteroatoms. The number of hydrogen-bond donors (Lipinski definition) is 2. The molecule has 1 heterocycles. The lowest BCUT2D eigenvalue weighted by Gasteiger charge is -2.33. The van der Waals surface area contributed by atoms with Crippen molar-refractivity contribution in [3.05, 3.63) is 29.3 Å². The van der Waals surface area contributed by atoms with Crippen LogP contribution in [-0.2, 0) is 0 Å². The van der Waals surface area contributed by atoms with Gasteiger partial charge in [-0.3, -0.25) is 0 Å². The molecule has 2 nitrogen and oxygen atoms in total. The van der Waals surface area contributed by atoms with Gasteiger partial charge < -0.3 is 10.4 Å². The van der Waals surface area contributed by atoms with Crippen LogP contribution in [0.3, 0.4) is 0 Å². The molecule has 1 aromatic rings. The lowest BCUT2D eigenvalue weighted by molar-refractivity contribution is 0.148. The molecule has 15 heavy (non-hydrogen) atoms. The highest BCUT2D eigenvalue weighted by Crippen LogP contribution is 2.34. The fourth-order valence-electron chi connectivity index (χ4n) is 2.15. The Kier molecular flexibility index (Phi) is 2.70. The molecule has 0 spiro atoms. The third kappa shape index (κ3) is 2.00. The molecule has 0 aromatic heterocycles. The number of nitrogens with one attached hydrogen (secondary N) is 1. The zero-order valence-electron chi connectivity index (χ0n) is 9.62. The third-order valence-electron chi connectivity index (χ3n) is 3.19. The van der Waals surface area contributed by atoms with E-state index in [0.29, 0.717) is 12.0 Å². The van der Waals surface area contributed by atoms with Crippen LogP contribution in [0.4, 0.5) is 5.69 Å². The van der Waals surface area contributed by atoms with Gasteiger partial charge in [0.05, 0.1) is 6.10 Å². The first-order valence-corrected chi connectivity index (χ1v) is 5.63. The maximum Gasteiger partial charge on any atom is 0.0829 e. The molecule has 2 unspecified atom stereocenters. The summed E-state index contributed by atoms with van der Waals surface area (Å²) in [5, 5.41) is 13.6. The van der Waals surface area contributed by atoms with Crippen LogP contribution >= 0.6 is 0 Å². The number of aliphatic hydroxyl groups is 1. The zero-order valence-corrected chi connectivity index (χ0v) is 9.62. The molecule has 0 bridgehead atoms. The molecule has 0 radical (unpaired) electrons. The topological polar surface area (TPSA) is 32.3 Å². The minimum absolute atomic E-state index is 0.312. The van der Waals surface area contributed by atoms with Gasteiger partial charge in [-0.15, -0.1) is 0 Å². The summed E-state index contributed by atoms with van der Waals surface area (Å²) >= 11 is 0. The zero-order chi connectivity index (χ0) is 11.0. The number of hydrogen-bond acceptors (Lipinski definition) is 2. The van der Waals surface area contributed by atoms with Crippen molar-refractivity contribution in [1.82, 2.24) is 0 Å². The maximum atomic E-state index is 10.1. The number of aryl methyl sites for hydroxylation is 1. The van der Waals surface area contributed by atoms with Gasteiger partial charge in [-0.1, -0.05) is 31.5 Å². The number of benzene rings is 1. The second-order valence-corrected chi connectivity index (χ2v) is 4.84. The van der Waals surface area contributed by atoms with Gasteiger partial charge >= 0.3 is 0 Å². The predicted molar refractivity (Wildman–Crippen MR) is 63.0 cm³/mol. The molecule has 0 saturated carbocycles. The van der Waals surface area contributed by atoms with Crippen LogP contribution in [0.1, 0.15) is 37.5 Å². The monoisotopic (exact) mass is 205 g/mol. The molecular weight excluding hydrogens is 186 g/mol. The van der Waals surface area contributed by atoms with Gasteiger partial charge in [-0.05, 0) is 25.3 Å². The van der Waals surface area contributed by atoms with Crippen molar-refractivity contribution in [2.75, 3.05) is 5.32 Å². The van der Waals surface area contributed by atoms with Crippen molar-refractivity contribution in [2.24, 2.45) is 5.92 Å². The summed E-state index contributed by atoms with van der Waals surface area (Å²) in [6.45, 7) is 6.43. The van der Waals surface area contributed by atoms with E-state index in [2.05, 4.69) is 44.3 Å². The van der Waals surface area contributed by atoms with Crippen LogP contribution in [0.15, 0.2) is 18.2 Å². The first-order chi connectivity index (χ1) is 7.08. The highest BCUT2D eigenvalue weighted by atomic mass is 16.3. The fraction of sp³-hybridized carbons (Fsp3) is 0.538. The van der Waals surface area contributed by atoms with E-state index in [1.165, 1.54) is 5.56 Å².